The van der Waals surface area contributed by atoms with E-state index in [1.165, 1.54) is 50.1 Å². The summed E-state index contributed by atoms with van der Waals surface area (Å²) in [6, 6.07) is 63.2. The Morgan fingerprint density at radius 2 is 1.20 bits per heavy atom. The van der Waals surface area contributed by atoms with Crippen LogP contribution < -0.4 is 4.90 Å². The minimum Gasteiger partial charge on any atom is -0.456 e. The molecule has 0 fully saturated rings. The van der Waals surface area contributed by atoms with Crippen molar-refractivity contribution in [3.8, 4) is 22.3 Å². The minimum atomic E-state index is -0.149. The summed E-state index contributed by atoms with van der Waals surface area (Å²) in [4.78, 5) is 2.38. The highest BCUT2D eigenvalue weighted by atomic mass is 16.3. The number of anilines is 3. The first-order valence-electron chi connectivity index (χ1n) is 20.9. The molecule has 286 valence electrons. The Morgan fingerprint density at radius 3 is 2.00 bits per heavy atom. The van der Waals surface area contributed by atoms with Crippen molar-refractivity contribution in [1.29, 1.82) is 0 Å². The second-order valence-corrected chi connectivity index (χ2v) is 16.8. The van der Waals surface area contributed by atoms with E-state index in [9.17, 15) is 0 Å². The molecule has 1 unspecified atom stereocenters. The van der Waals surface area contributed by atoms with Gasteiger partial charge in [0.25, 0.3) is 0 Å². The van der Waals surface area contributed by atoms with Crippen LogP contribution in [0.25, 0.3) is 71.7 Å². The van der Waals surface area contributed by atoms with Crippen LogP contribution in [0.2, 0.25) is 0 Å². The number of para-hydroxylation sites is 2. The zero-order chi connectivity index (χ0) is 40.0. The average molecular weight is 772 g/mol. The smallest absolute Gasteiger partial charge is 0.159 e. The summed E-state index contributed by atoms with van der Waals surface area (Å²) in [7, 11) is 0. The van der Waals surface area contributed by atoms with Crippen LogP contribution >= 0.6 is 0 Å². The molecule has 0 saturated heterocycles. The topological polar surface area (TPSA) is 29.5 Å². The minimum absolute atomic E-state index is 0.0934. The monoisotopic (exact) mass is 771 g/mol. The van der Waals surface area contributed by atoms with Gasteiger partial charge in [-0.2, -0.15) is 0 Å². The van der Waals surface area contributed by atoms with Gasteiger partial charge < -0.3 is 13.7 Å². The summed E-state index contributed by atoms with van der Waals surface area (Å²) in [6.45, 7) is 4.69. The first kappa shape index (κ1) is 34.7. The summed E-state index contributed by atoms with van der Waals surface area (Å²) in [5, 5.41) is 4.35. The molecule has 2 aliphatic rings. The van der Waals surface area contributed by atoms with Crippen molar-refractivity contribution in [2.24, 2.45) is 0 Å². The molecule has 60 heavy (non-hydrogen) atoms. The molecule has 1 atom stereocenters. The summed E-state index contributed by atoms with van der Waals surface area (Å²) < 4.78 is 14.0. The van der Waals surface area contributed by atoms with E-state index in [2.05, 4.69) is 207 Å². The molecule has 8 aromatic carbocycles. The molecule has 0 spiro atoms. The molecule has 0 aliphatic heterocycles. The normalized spacial score (nSPS) is 15.4. The number of furan rings is 2. The first-order valence-corrected chi connectivity index (χ1v) is 20.9. The summed E-state index contributed by atoms with van der Waals surface area (Å²) in [5.74, 6) is 0.0934. The van der Waals surface area contributed by atoms with Crippen LogP contribution in [0.3, 0.4) is 0 Å². The van der Waals surface area contributed by atoms with Gasteiger partial charge in [-0.25, -0.2) is 0 Å². The third-order valence-corrected chi connectivity index (χ3v) is 13.0. The molecule has 0 bridgehead atoms. The second-order valence-electron chi connectivity index (χ2n) is 16.8. The number of rotatable bonds is 6. The van der Waals surface area contributed by atoms with Gasteiger partial charge in [-0.3, -0.25) is 0 Å². The van der Waals surface area contributed by atoms with Crippen LogP contribution in [0.5, 0.6) is 0 Å². The average Bonchev–Trinajstić information content (AvgIpc) is 3.94. The van der Waals surface area contributed by atoms with Gasteiger partial charge in [-0.15, -0.1) is 0 Å². The van der Waals surface area contributed by atoms with Crippen molar-refractivity contribution in [2.75, 3.05) is 4.90 Å². The van der Waals surface area contributed by atoms with Crippen LogP contribution in [0.1, 0.15) is 48.4 Å². The standard InChI is InChI=1S/C57H41NO2/c1-57(2)48-21-11-9-18-43(48)44-33-32-42(34-49(44)57)58(41-30-28-39(29-31-41)37-16-7-4-8-17-37)50-22-13-20-45-47-35-52-54(46-19-10-12-23-51(46)59-52)53(56(47)60-55(45)50)40-26-24-38(25-27-40)36-14-5-3-6-15-36/h3-26,28-35,40H,27H2,1-2H3. The van der Waals surface area contributed by atoms with Crippen molar-refractivity contribution >= 4 is 66.5 Å². The van der Waals surface area contributed by atoms with Crippen molar-refractivity contribution in [3.05, 3.63) is 216 Å². The fraction of sp³-hybridized carbons (Fsp3) is 0.0877. The third kappa shape index (κ3) is 5.29. The molecule has 0 amide bonds. The van der Waals surface area contributed by atoms with Gasteiger partial charge in [0.2, 0.25) is 0 Å². The molecule has 10 aromatic rings. The fourth-order valence-electron chi connectivity index (χ4n) is 10.1. The van der Waals surface area contributed by atoms with Gasteiger partial charge in [0.05, 0.1) is 5.69 Å². The number of hydrogen-bond acceptors (Lipinski definition) is 3. The van der Waals surface area contributed by atoms with E-state index in [1.54, 1.807) is 0 Å². The molecule has 2 aliphatic carbocycles. The molecule has 2 heterocycles. The molecule has 2 aromatic heterocycles. The van der Waals surface area contributed by atoms with Crippen molar-refractivity contribution in [2.45, 2.75) is 31.6 Å². The number of allylic oxidation sites excluding steroid dienone is 4. The highest BCUT2D eigenvalue weighted by molar-refractivity contribution is 6.19. The summed E-state index contributed by atoms with van der Waals surface area (Å²) >= 11 is 0. The molecule has 3 nitrogen and oxygen atoms in total. The molecular weight excluding hydrogens is 731 g/mol. The Kier molecular flexibility index (Phi) is 7.71. The second kappa shape index (κ2) is 13.3. The zero-order valence-electron chi connectivity index (χ0n) is 33.5. The largest absolute Gasteiger partial charge is 0.456 e. The van der Waals surface area contributed by atoms with E-state index in [0.717, 1.165) is 67.4 Å². The van der Waals surface area contributed by atoms with Crippen molar-refractivity contribution in [3.63, 3.8) is 0 Å². The summed E-state index contributed by atoms with van der Waals surface area (Å²) in [6.07, 6.45) is 7.86. The van der Waals surface area contributed by atoms with Gasteiger partial charge in [0.1, 0.15) is 16.7 Å². The maximum Gasteiger partial charge on any atom is 0.159 e. The summed E-state index contributed by atoms with van der Waals surface area (Å²) in [5.41, 5.74) is 17.8. The van der Waals surface area contributed by atoms with Gasteiger partial charge in [0.15, 0.2) is 5.58 Å². The molecule has 0 saturated carbocycles. The van der Waals surface area contributed by atoms with E-state index in [0.29, 0.717) is 0 Å². The predicted molar refractivity (Wildman–Crippen MR) is 250 cm³/mol. The Labute approximate surface area is 349 Å². The van der Waals surface area contributed by atoms with Gasteiger partial charge >= 0.3 is 0 Å². The maximum atomic E-state index is 7.37. The van der Waals surface area contributed by atoms with Gasteiger partial charge in [0, 0.05) is 49.8 Å². The van der Waals surface area contributed by atoms with Crippen LogP contribution in [0.4, 0.5) is 17.1 Å². The molecule has 0 radical (unpaired) electrons. The number of fused-ring (bicyclic) bond motifs is 9. The first-order chi connectivity index (χ1) is 29.5. The third-order valence-electron chi connectivity index (χ3n) is 13.0. The maximum absolute atomic E-state index is 7.37. The Hall–Kier alpha value is -7.36. The highest BCUT2D eigenvalue weighted by Gasteiger charge is 2.36. The van der Waals surface area contributed by atoms with E-state index in [1.807, 2.05) is 6.07 Å². The van der Waals surface area contributed by atoms with Crippen LogP contribution in [0, 0.1) is 0 Å². The molecule has 0 N–H and O–H groups in total. The lowest BCUT2D eigenvalue weighted by atomic mass is 9.82. The highest BCUT2D eigenvalue weighted by Crippen LogP contribution is 2.52. The number of hydrogen-bond donors (Lipinski definition) is 0. The van der Waals surface area contributed by atoms with Crippen LogP contribution in [-0.2, 0) is 5.41 Å². The Morgan fingerprint density at radius 1 is 0.517 bits per heavy atom. The van der Waals surface area contributed by atoms with Gasteiger partial charge in [-0.05, 0) is 93.4 Å². The van der Waals surface area contributed by atoms with Crippen molar-refractivity contribution < 1.29 is 8.83 Å². The molecule has 3 heteroatoms. The lowest BCUT2D eigenvalue weighted by molar-refractivity contribution is 0.655. The quantitative estimate of drug-likeness (QED) is 0.169. The van der Waals surface area contributed by atoms with Crippen LogP contribution in [-0.4, -0.2) is 0 Å². The number of nitrogens with zero attached hydrogens (tertiary/aromatic N) is 1. The fourth-order valence-corrected chi connectivity index (χ4v) is 10.1. The van der Waals surface area contributed by atoms with E-state index < -0.39 is 0 Å². The lowest BCUT2D eigenvalue weighted by Gasteiger charge is -2.28. The zero-order valence-corrected chi connectivity index (χ0v) is 33.5. The van der Waals surface area contributed by atoms with Crippen LogP contribution in [0.15, 0.2) is 203 Å². The van der Waals surface area contributed by atoms with E-state index in [-0.39, 0.29) is 11.3 Å². The molecular formula is C57H41NO2. The Bertz CT molecular complexity index is 3360. The number of benzene rings is 8. The predicted octanol–water partition coefficient (Wildman–Crippen LogP) is 16.1. The van der Waals surface area contributed by atoms with Crippen molar-refractivity contribution in [1.82, 2.24) is 0 Å². The lowest BCUT2D eigenvalue weighted by Crippen LogP contribution is -2.16. The SMILES string of the molecule is CC1(C)c2ccccc2-c2ccc(N(c3ccc(-c4ccccc4)cc3)c3cccc4c3oc3c(C5C=CC(c6ccccc6)=CC5)c5c(cc34)oc3ccccc35)cc21. The van der Waals surface area contributed by atoms with E-state index in [4.69, 9.17) is 8.83 Å². The molecule has 12 rings (SSSR count). The Balaban J connectivity index is 1.08. The van der Waals surface area contributed by atoms with Gasteiger partial charge in [-0.1, -0.05) is 166 Å². The van der Waals surface area contributed by atoms with E-state index >= 15 is 0 Å².